The van der Waals surface area contributed by atoms with E-state index in [-0.39, 0.29) is 0 Å². The average molecular weight is 208 g/mol. The molecule has 1 rings (SSSR count). The van der Waals surface area contributed by atoms with Crippen LogP contribution in [0.5, 0.6) is 0 Å². The summed E-state index contributed by atoms with van der Waals surface area (Å²) in [6, 6.07) is 0. The zero-order valence-corrected chi connectivity index (χ0v) is 9.27. The number of hydrogen-bond donors (Lipinski definition) is 1. The molecule has 82 valence electrons. The van der Waals surface area contributed by atoms with Gasteiger partial charge in [-0.2, -0.15) is 0 Å². The van der Waals surface area contributed by atoms with Crippen molar-refractivity contribution in [3.05, 3.63) is 23.8 Å². The highest BCUT2D eigenvalue weighted by Crippen LogP contribution is 2.22. The van der Waals surface area contributed by atoms with E-state index in [1.165, 1.54) is 0 Å². The Bertz CT molecular complexity index is 333. The summed E-state index contributed by atoms with van der Waals surface area (Å²) < 4.78 is 0. The average Bonchev–Trinajstić information content (AvgIpc) is 2.15. The van der Waals surface area contributed by atoms with Gasteiger partial charge in [0.15, 0.2) is 0 Å². The fraction of sp³-hybridized carbons (Fsp3) is 0.545. The number of aryl methyl sites for hydroxylation is 1. The number of rotatable bonds is 4. The van der Waals surface area contributed by atoms with Crippen LogP contribution < -0.4 is 0 Å². The lowest BCUT2D eigenvalue weighted by Gasteiger charge is -2.14. The molecule has 0 bridgehead atoms. The molecule has 0 spiro atoms. The van der Waals surface area contributed by atoms with E-state index in [4.69, 9.17) is 5.11 Å². The number of carboxylic acids is 1. The van der Waals surface area contributed by atoms with Gasteiger partial charge in [-0.15, -0.1) is 0 Å². The zero-order chi connectivity index (χ0) is 11.4. The van der Waals surface area contributed by atoms with Crippen LogP contribution in [0.25, 0.3) is 0 Å². The van der Waals surface area contributed by atoms with E-state index in [2.05, 4.69) is 9.97 Å². The molecule has 0 aliphatic carbocycles. The minimum Gasteiger partial charge on any atom is -0.481 e. The van der Waals surface area contributed by atoms with Crippen molar-refractivity contribution < 1.29 is 9.90 Å². The molecule has 1 aromatic rings. The molecule has 1 atom stereocenters. The first-order valence-corrected chi connectivity index (χ1v) is 5.02. The van der Waals surface area contributed by atoms with Crippen LogP contribution in [0.1, 0.15) is 37.6 Å². The minimum absolute atomic E-state index is 0.340. The molecule has 4 nitrogen and oxygen atoms in total. The number of aromatic nitrogens is 2. The lowest BCUT2D eigenvalue weighted by Crippen LogP contribution is -2.14. The first-order valence-electron chi connectivity index (χ1n) is 5.02. The molecular formula is C11H16N2O2. The zero-order valence-electron chi connectivity index (χ0n) is 9.27. The predicted molar refractivity (Wildman–Crippen MR) is 56.6 cm³/mol. The summed E-state index contributed by atoms with van der Waals surface area (Å²) in [6.45, 7) is 5.79. The van der Waals surface area contributed by atoms with Crippen LogP contribution >= 0.6 is 0 Å². The van der Waals surface area contributed by atoms with Gasteiger partial charge in [-0.1, -0.05) is 13.8 Å². The lowest BCUT2D eigenvalue weighted by molar-refractivity contribution is -0.139. The van der Waals surface area contributed by atoms with E-state index < -0.39 is 11.9 Å². The molecule has 1 aromatic heterocycles. The molecule has 4 heteroatoms. The number of hydrogen-bond acceptors (Lipinski definition) is 3. The van der Waals surface area contributed by atoms with Crippen molar-refractivity contribution in [2.45, 2.75) is 33.1 Å². The monoisotopic (exact) mass is 208 g/mol. The molecule has 0 saturated heterocycles. The van der Waals surface area contributed by atoms with Crippen molar-refractivity contribution in [2.24, 2.45) is 5.92 Å². The molecule has 1 N–H and O–H groups in total. The van der Waals surface area contributed by atoms with Gasteiger partial charge in [0.25, 0.3) is 0 Å². The van der Waals surface area contributed by atoms with E-state index in [0.29, 0.717) is 23.7 Å². The Balaban J connectivity index is 2.89. The summed E-state index contributed by atoms with van der Waals surface area (Å²) in [5.41, 5.74) is 0.682. The van der Waals surface area contributed by atoms with E-state index in [0.717, 1.165) is 0 Å². The maximum atomic E-state index is 11.1. The third-order valence-corrected chi connectivity index (χ3v) is 2.21. The summed E-state index contributed by atoms with van der Waals surface area (Å²) in [6.07, 6.45) is 3.81. The highest BCUT2D eigenvalue weighted by Gasteiger charge is 2.21. The van der Waals surface area contributed by atoms with Gasteiger partial charge in [0.05, 0.1) is 5.92 Å². The van der Waals surface area contributed by atoms with E-state index in [1.54, 1.807) is 19.3 Å². The maximum Gasteiger partial charge on any atom is 0.311 e. The van der Waals surface area contributed by atoms with Crippen LogP contribution in [0.3, 0.4) is 0 Å². The molecule has 15 heavy (non-hydrogen) atoms. The Morgan fingerprint density at radius 3 is 2.33 bits per heavy atom. The fourth-order valence-electron chi connectivity index (χ4n) is 1.43. The molecular weight excluding hydrogens is 192 g/mol. The minimum atomic E-state index is -0.809. The number of carboxylic acid groups (broad SMARTS) is 1. The maximum absolute atomic E-state index is 11.1. The third-order valence-electron chi connectivity index (χ3n) is 2.21. The lowest BCUT2D eigenvalue weighted by atomic mass is 9.92. The van der Waals surface area contributed by atoms with Crippen molar-refractivity contribution in [1.29, 1.82) is 0 Å². The Hall–Kier alpha value is -1.45. The smallest absolute Gasteiger partial charge is 0.311 e. The van der Waals surface area contributed by atoms with Crippen LogP contribution in [-0.4, -0.2) is 21.0 Å². The van der Waals surface area contributed by atoms with Crippen LogP contribution in [0.4, 0.5) is 0 Å². The van der Waals surface area contributed by atoms with Gasteiger partial charge >= 0.3 is 5.97 Å². The van der Waals surface area contributed by atoms with Crippen molar-refractivity contribution >= 4 is 5.97 Å². The molecule has 0 aliphatic heterocycles. The number of aliphatic carboxylic acids is 1. The second-order valence-corrected chi connectivity index (χ2v) is 4.08. The highest BCUT2D eigenvalue weighted by molar-refractivity contribution is 5.75. The van der Waals surface area contributed by atoms with Crippen LogP contribution in [0.2, 0.25) is 0 Å². The fourth-order valence-corrected chi connectivity index (χ4v) is 1.43. The normalized spacial score (nSPS) is 12.8. The Morgan fingerprint density at radius 1 is 1.40 bits per heavy atom. The Kier molecular flexibility index (Phi) is 3.77. The van der Waals surface area contributed by atoms with Crippen LogP contribution in [0, 0.1) is 12.8 Å². The van der Waals surface area contributed by atoms with Crippen molar-refractivity contribution in [2.75, 3.05) is 0 Å². The Morgan fingerprint density at radius 2 is 1.93 bits per heavy atom. The second-order valence-electron chi connectivity index (χ2n) is 4.08. The van der Waals surface area contributed by atoms with E-state index >= 15 is 0 Å². The number of nitrogens with zero attached hydrogens (tertiary/aromatic N) is 2. The largest absolute Gasteiger partial charge is 0.481 e. The quantitative estimate of drug-likeness (QED) is 0.822. The Labute approximate surface area is 89.4 Å². The third kappa shape index (κ3) is 3.31. The standard InChI is InChI=1S/C11H16N2O2/c1-7(2)4-10(11(14)15)9-5-12-8(3)13-6-9/h5-7,10H,4H2,1-3H3,(H,14,15). The van der Waals surface area contributed by atoms with Gasteiger partial charge in [0, 0.05) is 18.0 Å². The van der Waals surface area contributed by atoms with Crippen molar-refractivity contribution in [3.63, 3.8) is 0 Å². The molecule has 0 amide bonds. The molecule has 0 radical (unpaired) electrons. The second kappa shape index (κ2) is 4.87. The molecule has 0 fully saturated rings. The van der Waals surface area contributed by atoms with Crippen molar-refractivity contribution in [3.8, 4) is 0 Å². The van der Waals surface area contributed by atoms with Gasteiger partial charge in [-0.3, -0.25) is 4.79 Å². The molecule has 0 saturated carbocycles. The summed E-state index contributed by atoms with van der Waals surface area (Å²) in [7, 11) is 0. The molecule has 0 aliphatic rings. The molecule has 1 heterocycles. The van der Waals surface area contributed by atoms with Gasteiger partial charge < -0.3 is 5.11 Å². The van der Waals surface area contributed by atoms with Crippen LogP contribution in [-0.2, 0) is 4.79 Å². The van der Waals surface area contributed by atoms with Gasteiger partial charge in [0.2, 0.25) is 0 Å². The molecule has 1 unspecified atom stereocenters. The first kappa shape index (κ1) is 11.6. The molecule has 0 aromatic carbocycles. The predicted octanol–water partition coefficient (Wildman–Crippen LogP) is 2.00. The van der Waals surface area contributed by atoms with Gasteiger partial charge in [0.1, 0.15) is 5.82 Å². The summed E-state index contributed by atoms with van der Waals surface area (Å²) in [5.74, 6) is -0.304. The summed E-state index contributed by atoms with van der Waals surface area (Å²) in [4.78, 5) is 19.1. The first-order chi connectivity index (χ1) is 7.00. The van der Waals surface area contributed by atoms with E-state index in [1.807, 2.05) is 13.8 Å². The van der Waals surface area contributed by atoms with E-state index in [9.17, 15) is 4.79 Å². The van der Waals surface area contributed by atoms with Gasteiger partial charge in [-0.25, -0.2) is 9.97 Å². The number of carbonyl (C=O) groups is 1. The summed E-state index contributed by atoms with van der Waals surface area (Å²) in [5, 5.41) is 9.09. The topological polar surface area (TPSA) is 63.1 Å². The van der Waals surface area contributed by atoms with Crippen LogP contribution in [0.15, 0.2) is 12.4 Å². The van der Waals surface area contributed by atoms with Gasteiger partial charge in [-0.05, 0) is 19.3 Å². The SMILES string of the molecule is Cc1ncc(C(CC(C)C)C(=O)O)cn1. The van der Waals surface area contributed by atoms with Crippen molar-refractivity contribution in [1.82, 2.24) is 9.97 Å². The summed E-state index contributed by atoms with van der Waals surface area (Å²) >= 11 is 0. The highest BCUT2D eigenvalue weighted by atomic mass is 16.4.